The Labute approximate surface area is 99.8 Å². The van der Waals surface area contributed by atoms with Gasteiger partial charge in [-0.05, 0) is 41.5 Å². The molecule has 1 aromatic rings. The molecule has 90 valence electrons. The van der Waals surface area contributed by atoms with Crippen LogP contribution in [0.4, 0.5) is 0 Å². The van der Waals surface area contributed by atoms with Crippen LogP contribution in [-0.2, 0) is 6.42 Å². The lowest BCUT2D eigenvalue weighted by atomic mass is 9.99. The predicted molar refractivity (Wildman–Crippen MR) is 70.2 cm³/mol. The SMILES string of the molecule is CCc1cc(OCC(C)C)cc(C(C)C)c1. The van der Waals surface area contributed by atoms with Gasteiger partial charge in [0.05, 0.1) is 6.61 Å². The van der Waals surface area contributed by atoms with Crippen molar-refractivity contribution in [2.45, 2.75) is 47.0 Å². The maximum atomic E-state index is 5.80. The van der Waals surface area contributed by atoms with E-state index in [1.54, 1.807) is 0 Å². The van der Waals surface area contributed by atoms with E-state index in [0.717, 1.165) is 18.8 Å². The van der Waals surface area contributed by atoms with Crippen LogP contribution < -0.4 is 4.74 Å². The van der Waals surface area contributed by atoms with Crippen molar-refractivity contribution in [2.24, 2.45) is 5.92 Å². The standard InChI is InChI=1S/C15H24O/c1-6-13-7-14(12(4)5)9-15(8-13)16-10-11(2)3/h7-9,11-12H,6,10H2,1-5H3. The molecular formula is C15H24O. The smallest absolute Gasteiger partial charge is 0.119 e. The highest BCUT2D eigenvalue weighted by molar-refractivity contribution is 5.36. The summed E-state index contributed by atoms with van der Waals surface area (Å²) in [7, 11) is 0. The molecule has 1 nitrogen and oxygen atoms in total. The van der Waals surface area contributed by atoms with Gasteiger partial charge in [-0.25, -0.2) is 0 Å². The molecule has 0 amide bonds. The summed E-state index contributed by atoms with van der Waals surface area (Å²) in [6.45, 7) is 11.8. The van der Waals surface area contributed by atoms with Crippen LogP contribution in [0, 0.1) is 5.92 Å². The van der Waals surface area contributed by atoms with E-state index in [0.29, 0.717) is 11.8 Å². The molecule has 0 bridgehead atoms. The fourth-order valence-corrected chi connectivity index (χ4v) is 1.57. The Morgan fingerprint density at radius 1 is 1.06 bits per heavy atom. The van der Waals surface area contributed by atoms with Gasteiger partial charge in [-0.1, -0.05) is 40.7 Å². The summed E-state index contributed by atoms with van der Waals surface area (Å²) in [6, 6.07) is 6.62. The highest BCUT2D eigenvalue weighted by Gasteiger charge is 2.05. The Kier molecular flexibility index (Phi) is 4.85. The molecule has 0 unspecified atom stereocenters. The van der Waals surface area contributed by atoms with Crippen molar-refractivity contribution in [3.8, 4) is 5.75 Å². The van der Waals surface area contributed by atoms with Gasteiger partial charge in [0.15, 0.2) is 0 Å². The van der Waals surface area contributed by atoms with Crippen molar-refractivity contribution in [2.75, 3.05) is 6.61 Å². The number of rotatable bonds is 5. The minimum atomic E-state index is 0.563. The highest BCUT2D eigenvalue weighted by atomic mass is 16.5. The molecule has 0 heterocycles. The molecule has 0 aromatic heterocycles. The minimum Gasteiger partial charge on any atom is -0.493 e. The van der Waals surface area contributed by atoms with Gasteiger partial charge in [0.25, 0.3) is 0 Å². The van der Waals surface area contributed by atoms with E-state index < -0.39 is 0 Å². The first-order valence-electron chi connectivity index (χ1n) is 6.29. The molecule has 1 heteroatoms. The van der Waals surface area contributed by atoms with Crippen LogP contribution in [0.15, 0.2) is 18.2 Å². The average molecular weight is 220 g/mol. The van der Waals surface area contributed by atoms with Gasteiger partial charge in [0.2, 0.25) is 0 Å². The van der Waals surface area contributed by atoms with E-state index in [4.69, 9.17) is 4.74 Å². The molecule has 0 atom stereocenters. The summed E-state index contributed by atoms with van der Waals surface area (Å²) in [4.78, 5) is 0. The quantitative estimate of drug-likeness (QED) is 0.714. The van der Waals surface area contributed by atoms with E-state index in [-0.39, 0.29) is 0 Å². The van der Waals surface area contributed by atoms with Crippen LogP contribution in [-0.4, -0.2) is 6.61 Å². The Morgan fingerprint density at radius 2 is 1.75 bits per heavy atom. The zero-order chi connectivity index (χ0) is 12.1. The molecule has 1 rings (SSSR count). The van der Waals surface area contributed by atoms with Crippen LogP contribution in [0.3, 0.4) is 0 Å². The Balaban J connectivity index is 2.86. The van der Waals surface area contributed by atoms with Crippen LogP contribution in [0.1, 0.15) is 51.7 Å². The van der Waals surface area contributed by atoms with Crippen LogP contribution >= 0.6 is 0 Å². The number of hydrogen-bond donors (Lipinski definition) is 0. The summed E-state index contributed by atoms with van der Waals surface area (Å²) in [5, 5.41) is 0. The largest absolute Gasteiger partial charge is 0.493 e. The Bertz CT molecular complexity index is 326. The molecule has 0 saturated carbocycles. The van der Waals surface area contributed by atoms with Gasteiger partial charge in [-0.3, -0.25) is 0 Å². The molecular weight excluding hydrogens is 196 g/mol. The van der Waals surface area contributed by atoms with Gasteiger partial charge in [0.1, 0.15) is 5.75 Å². The Hall–Kier alpha value is -0.980. The zero-order valence-electron chi connectivity index (χ0n) is 11.2. The summed E-state index contributed by atoms with van der Waals surface area (Å²) >= 11 is 0. The number of aryl methyl sites for hydroxylation is 1. The maximum absolute atomic E-state index is 5.80. The van der Waals surface area contributed by atoms with E-state index in [2.05, 4.69) is 52.8 Å². The third kappa shape index (κ3) is 3.88. The number of ether oxygens (including phenoxy) is 1. The van der Waals surface area contributed by atoms with Crippen molar-refractivity contribution in [3.63, 3.8) is 0 Å². The fraction of sp³-hybridized carbons (Fsp3) is 0.600. The first-order valence-corrected chi connectivity index (χ1v) is 6.29. The van der Waals surface area contributed by atoms with Gasteiger partial charge in [-0.2, -0.15) is 0 Å². The summed E-state index contributed by atoms with van der Waals surface area (Å²) in [5.41, 5.74) is 2.74. The van der Waals surface area contributed by atoms with Gasteiger partial charge >= 0.3 is 0 Å². The van der Waals surface area contributed by atoms with E-state index >= 15 is 0 Å². The molecule has 1 aromatic carbocycles. The van der Waals surface area contributed by atoms with Crippen LogP contribution in [0.25, 0.3) is 0 Å². The number of hydrogen-bond acceptors (Lipinski definition) is 1. The summed E-state index contributed by atoms with van der Waals surface area (Å²) in [6.07, 6.45) is 1.07. The van der Waals surface area contributed by atoms with E-state index in [1.165, 1.54) is 11.1 Å². The molecule has 0 saturated heterocycles. The highest BCUT2D eigenvalue weighted by Crippen LogP contribution is 2.23. The molecule has 0 radical (unpaired) electrons. The molecule has 0 spiro atoms. The molecule has 0 N–H and O–H groups in total. The Morgan fingerprint density at radius 3 is 2.25 bits per heavy atom. The van der Waals surface area contributed by atoms with Crippen LogP contribution in [0.5, 0.6) is 5.75 Å². The molecule has 0 aliphatic rings. The molecule has 16 heavy (non-hydrogen) atoms. The summed E-state index contributed by atoms with van der Waals surface area (Å²) < 4.78 is 5.80. The normalized spacial score (nSPS) is 11.2. The lowest BCUT2D eigenvalue weighted by Gasteiger charge is -2.13. The fourth-order valence-electron chi connectivity index (χ4n) is 1.57. The van der Waals surface area contributed by atoms with Crippen molar-refractivity contribution >= 4 is 0 Å². The topological polar surface area (TPSA) is 9.23 Å². The zero-order valence-corrected chi connectivity index (χ0v) is 11.2. The minimum absolute atomic E-state index is 0.563. The first kappa shape index (κ1) is 13.1. The number of benzene rings is 1. The molecule has 0 aliphatic heterocycles. The van der Waals surface area contributed by atoms with Crippen molar-refractivity contribution in [1.82, 2.24) is 0 Å². The lowest BCUT2D eigenvalue weighted by Crippen LogP contribution is -2.05. The molecule has 0 aliphatic carbocycles. The van der Waals surface area contributed by atoms with Crippen molar-refractivity contribution < 1.29 is 4.74 Å². The monoisotopic (exact) mass is 220 g/mol. The van der Waals surface area contributed by atoms with E-state index in [9.17, 15) is 0 Å². The second kappa shape index (κ2) is 5.93. The lowest BCUT2D eigenvalue weighted by molar-refractivity contribution is 0.270. The maximum Gasteiger partial charge on any atom is 0.119 e. The van der Waals surface area contributed by atoms with Gasteiger partial charge in [0, 0.05) is 0 Å². The van der Waals surface area contributed by atoms with Gasteiger partial charge < -0.3 is 4.74 Å². The van der Waals surface area contributed by atoms with Crippen molar-refractivity contribution in [1.29, 1.82) is 0 Å². The second-order valence-corrected chi connectivity index (χ2v) is 5.12. The van der Waals surface area contributed by atoms with Crippen molar-refractivity contribution in [3.05, 3.63) is 29.3 Å². The van der Waals surface area contributed by atoms with E-state index in [1.807, 2.05) is 0 Å². The molecule has 0 fully saturated rings. The van der Waals surface area contributed by atoms with Crippen LogP contribution in [0.2, 0.25) is 0 Å². The van der Waals surface area contributed by atoms with Gasteiger partial charge in [-0.15, -0.1) is 0 Å². The summed E-state index contributed by atoms with van der Waals surface area (Å²) in [5.74, 6) is 2.16. The predicted octanol–water partition coefficient (Wildman–Crippen LogP) is 4.41. The third-order valence-corrected chi connectivity index (χ3v) is 2.65. The first-order chi connectivity index (χ1) is 7.52. The average Bonchev–Trinajstić information content (AvgIpc) is 2.25. The third-order valence-electron chi connectivity index (χ3n) is 2.65. The second-order valence-electron chi connectivity index (χ2n) is 5.12.